The zero-order chi connectivity index (χ0) is 30.8. The molecule has 4 heterocycles. The van der Waals surface area contributed by atoms with Crippen molar-refractivity contribution in [2.75, 3.05) is 19.6 Å². The lowest BCUT2D eigenvalue weighted by molar-refractivity contribution is -0.128. The van der Waals surface area contributed by atoms with E-state index in [2.05, 4.69) is 57.3 Å². The van der Waals surface area contributed by atoms with Crippen LogP contribution in [0.5, 0.6) is 11.5 Å². The van der Waals surface area contributed by atoms with E-state index in [1.165, 1.54) is 45.2 Å². The van der Waals surface area contributed by atoms with Crippen LogP contribution in [0.25, 0.3) is 21.1 Å². The van der Waals surface area contributed by atoms with Crippen molar-refractivity contribution in [2.45, 2.75) is 96.1 Å². The van der Waals surface area contributed by atoms with E-state index in [0.29, 0.717) is 24.8 Å². The standard InChI is InChI=1S/C35H42N6O2S2/c1-23(2)32-36-37-33(44-32)24-12-14-29(15-13-24)43-30-21-26(10-11-27(30)22-41-18-6-9-31(41)42)35-39-38-34(45-35)25-16-19-40(20-17-25)28-7-4-3-5-8-28/h10-15,21,23,25,28H,3-9,16-20,22H2,1-2H3. The molecule has 1 aliphatic carbocycles. The molecule has 7 rings (SSSR count). The third-order valence-corrected chi connectivity index (χ3v) is 11.9. The van der Waals surface area contributed by atoms with E-state index in [0.717, 1.165) is 80.1 Å². The van der Waals surface area contributed by atoms with Crippen LogP contribution in [0.15, 0.2) is 42.5 Å². The topological polar surface area (TPSA) is 84.3 Å². The highest BCUT2D eigenvalue weighted by atomic mass is 32.1. The van der Waals surface area contributed by atoms with Gasteiger partial charge in [-0.05, 0) is 75.5 Å². The molecular weight excluding hydrogens is 601 g/mol. The molecule has 1 saturated carbocycles. The molecule has 0 N–H and O–H groups in total. The fourth-order valence-electron chi connectivity index (χ4n) is 6.84. The number of hydrogen-bond acceptors (Lipinski definition) is 9. The Labute approximate surface area is 273 Å². The molecule has 2 aromatic carbocycles. The number of piperidine rings is 1. The molecule has 0 radical (unpaired) electrons. The number of nitrogens with zero attached hydrogens (tertiary/aromatic N) is 6. The molecule has 2 aromatic heterocycles. The highest BCUT2D eigenvalue weighted by Gasteiger charge is 2.29. The average Bonchev–Trinajstić information content (AvgIpc) is 3.85. The Morgan fingerprint density at radius 2 is 1.56 bits per heavy atom. The lowest BCUT2D eigenvalue weighted by Gasteiger charge is -2.38. The Bertz CT molecular complexity index is 1600. The molecule has 3 aliphatic rings. The van der Waals surface area contributed by atoms with Crippen molar-refractivity contribution in [3.05, 3.63) is 58.0 Å². The van der Waals surface area contributed by atoms with Crippen LogP contribution in [0.1, 0.15) is 99.0 Å². The summed E-state index contributed by atoms with van der Waals surface area (Å²) in [5.74, 6) is 2.53. The number of benzene rings is 2. The van der Waals surface area contributed by atoms with Crippen LogP contribution >= 0.6 is 22.7 Å². The Kier molecular flexibility index (Phi) is 9.23. The number of rotatable bonds is 9. The summed E-state index contributed by atoms with van der Waals surface area (Å²) in [6.45, 7) is 7.93. The zero-order valence-electron chi connectivity index (χ0n) is 26.3. The highest BCUT2D eigenvalue weighted by Crippen LogP contribution is 2.38. The summed E-state index contributed by atoms with van der Waals surface area (Å²) in [5, 5.41) is 22.1. The first-order chi connectivity index (χ1) is 22.0. The largest absolute Gasteiger partial charge is 0.457 e. The molecule has 4 aromatic rings. The number of amides is 1. The summed E-state index contributed by atoms with van der Waals surface area (Å²) in [4.78, 5) is 17.1. The van der Waals surface area contributed by atoms with E-state index in [1.54, 1.807) is 22.7 Å². The van der Waals surface area contributed by atoms with E-state index < -0.39 is 0 Å². The Balaban J connectivity index is 1.08. The molecule has 0 unspecified atom stereocenters. The van der Waals surface area contributed by atoms with Crippen LogP contribution in [0.2, 0.25) is 0 Å². The smallest absolute Gasteiger partial charge is 0.222 e. The quantitative estimate of drug-likeness (QED) is 0.182. The molecule has 2 saturated heterocycles. The van der Waals surface area contributed by atoms with E-state index in [1.807, 2.05) is 29.2 Å². The second kappa shape index (κ2) is 13.6. The van der Waals surface area contributed by atoms with Gasteiger partial charge in [0.1, 0.15) is 31.5 Å². The fraction of sp³-hybridized carbons (Fsp3) is 0.514. The molecule has 0 bridgehead atoms. The van der Waals surface area contributed by atoms with Crippen LogP contribution in [-0.2, 0) is 11.3 Å². The number of likely N-dealkylation sites (tertiary alicyclic amines) is 2. The number of hydrogen-bond donors (Lipinski definition) is 0. The molecule has 8 nitrogen and oxygen atoms in total. The molecule has 10 heteroatoms. The molecule has 3 fully saturated rings. The van der Waals surface area contributed by atoms with Gasteiger partial charge in [0.05, 0.1) is 0 Å². The molecular formula is C35H42N6O2S2. The zero-order valence-corrected chi connectivity index (χ0v) is 27.9. The lowest BCUT2D eigenvalue weighted by Crippen LogP contribution is -2.41. The van der Waals surface area contributed by atoms with Gasteiger partial charge < -0.3 is 14.5 Å². The minimum atomic E-state index is 0.204. The van der Waals surface area contributed by atoms with Crippen molar-refractivity contribution >= 4 is 28.6 Å². The summed E-state index contributed by atoms with van der Waals surface area (Å²) < 4.78 is 6.52. The maximum atomic E-state index is 12.5. The number of carbonyl (C=O) groups excluding carboxylic acids is 1. The summed E-state index contributed by atoms with van der Waals surface area (Å²) in [7, 11) is 0. The first kappa shape index (κ1) is 30.4. The summed E-state index contributed by atoms with van der Waals surface area (Å²) in [6.07, 6.45) is 10.8. The van der Waals surface area contributed by atoms with Gasteiger partial charge in [-0.25, -0.2) is 0 Å². The fourth-order valence-corrected chi connectivity index (χ4v) is 8.70. The highest BCUT2D eigenvalue weighted by molar-refractivity contribution is 7.15. The van der Waals surface area contributed by atoms with E-state index in [-0.39, 0.29) is 5.91 Å². The molecule has 236 valence electrons. The third kappa shape index (κ3) is 6.98. The predicted octanol–water partition coefficient (Wildman–Crippen LogP) is 8.27. The molecule has 2 aliphatic heterocycles. The monoisotopic (exact) mass is 642 g/mol. The van der Waals surface area contributed by atoms with Gasteiger partial charge in [-0.15, -0.1) is 20.4 Å². The van der Waals surface area contributed by atoms with Crippen molar-refractivity contribution in [3.8, 4) is 32.6 Å². The van der Waals surface area contributed by atoms with Gasteiger partial charge in [0.15, 0.2) is 0 Å². The van der Waals surface area contributed by atoms with Crippen LogP contribution in [0.4, 0.5) is 0 Å². The predicted molar refractivity (Wildman–Crippen MR) is 180 cm³/mol. The van der Waals surface area contributed by atoms with Crippen molar-refractivity contribution in [3.63, 3.8) is 0 Å². The van der Waals surface area contributed by atoms with Gasteiger partial charge in [-0.3, -0.25) is 4.79 Å². The summed E-state index contributed by atoms with van der Waals surface area (Å²) in [5.41, 5.74) is 3.01. The van der Waals surface area contributed by atoms with Crippen molar-refractivity contribution in [2.24, 2.45) is 0 Å². The van der Waals surface area contributed by atoms with Crippen LogP contribution in [0, 0.1) is 0 Å². The van der Waals surface area contributed by atoms with Gasteiger partial charge in [0, 0.05) is 54.1 Å². The summed E-state index contributed by atoms with van der Waals surface area (Å²) in [6, 6.07) is 15.1. The van der Waals surface area contributed by atoms with Crippen molar-refractivity contribution in [1.82, 2.24) is 30.2 Å². The summed E-state index contributed by atoms with van der Waals surface area (Å²) >= 11 is 3.34. The Hall–Kier alpha value is -3.21. The SMILES string of the molecule is CC(C)c1nnc(-c2ccc(Oc3cc(-c4nnc(C5CCN(C6CCCCC6)CC5)s4)ccc3CN3CCCC3=O)cc2)s1. The molecule has 0 spiro atoms. The van der Waals surface area contributed by atoms with Gasteiger partial charge in [0.25, 0.3) is 0 Å². The van der Waals surface area contributed by atoms with Crippen molar-refractivity contribution < 1.29 is 9.53 Å². The minimum absolute atomic E-state index is 0.204. The number of ether oxygens (including phenoxy) is 1. The average molecular weight is 643 g/mol. The first-order valence-electron chi connectivity index (χ1n) is 16.6. The molecule has 45 heavy (non-hydrogen) atoms. The second-order valence-corrected chi connectivity index (χ2v) is 15.0. The van der Waals surface area contributed by atoms with Crippen molar-refractivity contribution in [1.29, 1.82) is 0 Å². The molecule has 0 atom stereocenters. The van der Waals surface area contributed by atoms with E-state index in [9.17, 15) is 4.79 Å². The second-order valence-electron chi connectivity index (χ2n) is 13.0. The van der Waals surface area contributed by atoms with Gasteiger partial charge in [-0.1, -0.05) is 67.9 Å². The van der Waals surface area contributed by atoms with Gasteiger partial charge in [-0.2, -0.15) is 0 Å². The maximum absolute atomic E-state index is 12.5. The first-order valence-corrected chi connectivity index (χ1v) is 18.2. The van der Waals surface area contributed by atoms with E-state index >= 15 is 0 Å². The molecule has 1 amide bonds. The Morgan fingerprint density at radius 3 is 2.27 bits per heavy atom. The number of aromatic nitrogens is 4. The minimum Gasteiger partial charge on any atom is -0.457 e. The Morgan fingerprint density at radius 1 is 0.822 bits per heavy atom. The normalized spacial score (nSPS) is 18.7. The van der Waals surface area contributed by atoms with Gasteiger partial charge >= 0.3 is 0 Å². The van der Waals surface area contributed by atoms with E-state index in [4.69, 9.17) is 4.74 Å². The number of carbonyl (C=O) groups is 1. The lowest BCUT2D eigenvalue weighted by atomic mass is 9.90. The third-order valence-electron chi connectivity index (χ3n) is 9.52. The maximum Gasteiger partial charge on any atom is 0.222 e. The van der Waals surface area contributed by atoms with Crippen LogP contribution in [0.3, 0.4) is 0 Å². The van der Waals surface area contributed by atoms with Crippen LogP contribution < -0.4 is 4.74 Å². The van der Waals surface area contributed by atoms with Crippen LogP contribution in [-0.4, -0.2) is 61.8 Å². The van der Waals surface area contributed by atoms with Gasteiger partial charge in [0.2, 0.25) is 5.91 Å².